The molecule has 10 nitrogen and oxygen atoms in total. The number of carbonyl (C=O) groups is 2. The highest BCUT2D eigenvalue weighted by molar-refractivity contribution is 6.05. The largest absolute Gasteiger partial charge is 0.493 e. The van der Waals surface area contributed by atoms with Crippen LogP contribution in [0.3, 0.4) is 0 Å². The predicted octanol–water partition coefficient (Wildman–Crippen LogP) is 3.37. The highest BCUT2D eigenvalue weighted by Gasteiger charge is 2.36. The molecule has 0 bridgehead atoms. The minimum absolute atomic E-state index is 0.103. The zero-order chi connectivity index (χ0) is 26.0. The number of nitrogens with zero attached hydrogens (tertiary/aromatic N) is 4. The van der Waals surface area contributed by atoms with Crippen LogP contribution in [-0.2, 0) is 11.3 Å². The Kier molecular flexibility index (Phi) is 7.22. The van der Waals surface area contributed by atoms with Crippen LogP contribution in [0.4, 0.5) is 31.0 Å². The number of methoxy groups -OCH3 is 2. The molecule has 2 atom stereocenters. The van der Waals surface area contributed by atoms with Crippen molar-refractivity contribution >= 4 is 29.4 Å². The number of urea groups is 1. The zero-order valence-electron chi connectivity index (χ0n) is 20.3. The number of carbonyl (C=O) groups excluding carboxylic acids is 2. The molecular weight excluding hydrogens is 474 g/mol. The Balaban J connectivity index is 1.62. The third-order valence-electron chi connectivity index (χ3n) is 6.42. The molecule has 1 aliphatic heterocycles. The van der Waals surface area contributed by atoms with Gasteiger partial charge in [-0.1, -0.05) is 19.4 Å². The first-order valence-corrected chi connectivity index (χ1v) is 11.5. The summed E-state index contributed by atoms with van der Waals surface area (Å²) in [6, 6.07) is 0.174. The molecule has 4 rings (SSSR count). The van der Waals surface area contributed by atoms with Gasteiger partial charge in [0.15, 0.2) is 23.1 Å². The van der Waals surface area contributed by atoms with E-state index >= 15 is 8.78 Å². The van der Waals surface area contributed by atoms with Gasteiger partial charge in [0.2, 0.25) is 11.9 Å². The van der Waals surface area contributed by atoms with Crippen molar-refractivity contribution in [3.63, 3.8) is 0 Å². The molecule has 12 heteroatoms. The molecular formula is C24H28F2N6O4. The summed E-state index contributed by atoms with van der Waals surface area (Å²) >= 11 is 0. The highest BCUT2D eigenvalue weighted by Crippen LogP contribution is 2.40. The van der Waals surface area contributed by atoms with Crippen molar-refractivity contribution in [3.8, 4) is 11.5 Å². The smallest absolute Gasteiger partial charge is 0.330 e. The minimum atomic E-state index is -1.02. The van der Waals surface area contributed by atoms with Crippen molar-refractivity contribution in [2.75, 3.05) is 36.4 Å². The Morgan fingerprint density at radius 3 is 2.42 bits per heavy atom. The number of nitrogens with one attached hydrogen (secondary N) is 2. The summed E-state index contributed by atoms with van der Waals surface area (Å²) in [5.74, 6) is -2.22. The van der Waals surface area contributed by atoms with Crippen molar-refractivity contribution in [2.24, 2.45) is 0 Å². The molecule has 3 amide bonds. The van der Waals surface area contributed by atoms with Gasteiger partial charge in [-0.2, -0.15) is 4.98 Å². The van der Waals surface area contributed by atoms with Crippen LogP contribution in [0.25, 0.3) is 0 Å². The Labute approximate surface area is 207 Å². The fourth-order valence-corrected chi connectivity index (χ4v) is 4.55. The summed E-state index contributed by atoms with van der Waals surface area (Å²) in [7, 11) is 3.94. The minimum Gasteiger partial charge on any atom is -0.493 e. The fourth-order valence-electron chi connectivity index (χ4n) is 4.55. The second-order valence-corrected chi connectivity index (χ2v) is 8.58. The van der Waals surface area contributed by atoms with E-state index in [-0.39, 0.29) is 42.0 Å². The summed E-state index contributed by atoms with van der Waals surface area (Å²) < 4.78 is 40.1. The van der Waals surface area contributed by atoms with Gasteiger partial charge in [0.25, 0.3) is 0 Å². The van der Waals surface area contributed by atoms with E-state index in [1.54, 1.807) is 0 Å². The van der Waals surface area contributed by atoms with Gasteiger partial charge >= 0.3 is 6.03 Å². The molecule has 2 aromatic rings. The van der Waals surface area contributed by atoms with Crippen molar-refractivity contribution < 1.29 is 27.8 Å². The predicted molar refractivity (Wildman–Crippen MR) is 129 cm³/mol. The molecule has 36 heavy (non-hydrogen) atoms. The monoisotopic (exact) mass is 502 g/mol. The molecule has 192 valence electrons. The van der Waals surface area contributed by atoms with Crippen LogP contribution >= 0.6 is 0 Å². The lowest BCUT2D eigenvalue weighted by Crippen LogP contribution is -2.49. The molecule has 1 aromatic carbocycles. The van der Waals surface area contributed by atoms with E-state index in [4.69, 9.17) is 9.47 Å². The van der Waals surface area contributed by atoms with Crippen LogP contribution in [0.1, 0.15) is 31.2 Å². The van der Waals surface area contributed by atoms with Gasteiger partial charge in [-0.3, -0.25) is 14.6 Å². The Hall–Kier alpha value is -3.96. The first-order chi connectivity index (χ1) is 17.3. The highest BCUT2D eigenvalue weighted by atomic mass is 19.1. The van der Waals surface area contributed by atoms with Crippen molar-refractivity contribution in [1.82, 2.24) is 15.3 Å². The first kappa shape index (κ1) is 25.1. The Morgan fingerprint density at radius 2 is 1.81 bits per heavy atom. The van der Waals surface area contributed by atoms with Crippen LogP contribution in [0.5, 0.6) is 11.5 Å². The lowest BCUT2D eigenvalue weighted by molar-refractivity contribution is -0.117. The molecule has 1 aromatic heterocycles. The van der Waals surface area contributed by atoms with Crippen molar-refractivity contribution in [2.45, 2.75) is 44.3 Å². The van der Waals surface area contributed by atoms with E-state index < -0.39 is 23.4 Å². The molecule has 0 spiro atoms. The summed E-state index contributed by atoms with van der Waals surface area (Å²) in [4.78, 5) is 36.0. The van der Waals surface area contributed by atoms with Crippen LogP contribution in [0, 0.1) is 11.6 Å². The molecule has 2 aliphatic rings. The summed E-state index contributed by atoms with van der Waals surface area (Å²) in [6.07, 6.45) is 6.32. The number of ether oxygens (including phenoxy) is 2. The van der Waals surface area contributed by atoms with E-state index in [0.717, 1.165) is 36.6 Å². The standard InChI is InChI=1S/C24H28F2N6O4/c1-5-18(33)28-14-8-6-7-9-15(14)29-23-27-11-13-12-32(24(34)31(2)22(13)30-23)21-19(25)16(35-3)10-17(36-4)20(21)26/h5,10-11,14-15H,1,6-9,12H2,2-4H3,(H,28,33)(H,27,29,30). The topological polar surface area (TPSA) is 109 Å². The van der Waals surface area contributed by atoms with E-state index in [9.17, 15) is 9.59 Å². The number of hydrogen-bond acceptors (Lipinski definition) is 7. The number of rotatable bonds is 7. The van der Waals surface area contributed by atoms with Gasteiger partial charge in [0, 0.05) is 37.0 Å². The molecule has 1 aliphatic carbocycles. The lowest BCUT2D eigenvalue weighted by atomic mass is 9.90. The molecule has 0 saturated heterocycles. The van der Waals surface area contributed by atoms with Crippen LogP contribution in [-0.4, -0.2) is 55.3 Å². The average Bonchev–Trinajstić information content (AvgIpc) is 2.88. The molecule has 2 heterocycles. The second kappa shape index (κ2) is 10.3. The summed E-state index contributed by atoms with van der Waals surface area (Å²) in [5, 5.41) is 6.19. The molecule has 0 radical (unpaired) electrons. The number of fused-ring (bicyclic) bond motifs is 1. The molecule has 2 N–H and O–H groups in total. The van der Waals surface area contributed by atoms with Gasteiger partial charge in [-0.05, 0) is 18.9 Å². The number of benzene rings is 1. The van der Waals surface area contributed by atoms with Gasteiger partial charge in [0.1, 0.15) is 11.5 Å². The van der Waals surface area contributed by atoms with Crippen molar-refractivity contribution in [1.29, 1.82) is 0 Å². The number of hydrogen-bond donors (Lipinski definition) is 2. The number of halogens is 2. The molecule has 2 unspecified atom stereocenters. The molecule has 1 saturated carbocycles. The van der Waals surface area contributed by atoms with E-state index in [0.29, 0.717) is 11.4 Å². The Bertz CT molecular complexity index is 1170. The third kappa shape index (κ3) is 4.62. The van der Waals surface area contributed by atoms with Gasteiger partial charge in [-0.15, -0.1) is 0 Å². The van der Waals surface area contributed by atoms with E-state index in [2.05, 4.69) is 27.2 Å². The SMILES string of the molecule is C=CC(=O)NC1CCCCC1Nc1ncc2c(n1)N(C)C(=O)N(c1c(F)c(OC)cc(OC)c1F)C2. The van der Waals surface area contributed by atoms with Crippen LogP contribution < -0.4 is 29.9 Å². The number of anilines is 3. The quantitative estimate of drug-likeness (QED) is 0.559. The fraction of sp³-hybridized carbons (Fsp3) is 0.417. The summed E-state index contributed by atoms with van der Waals surface area (Å²) in [6.45, 7) is 3.34. The maximum absolute atomic E-state index is 15.1. The van der Waals surface area contributed by atoms with E-state index in [1.165, 1.54) is 38.4 Å². The van der Waals surface area contributed by atoms with Crippen LogP contribution in [0.15, 0.2) is 24.9 Å². The van der Waals surface area contributed by atoms with Crippen molar-refractivity contribution in [3.05, 3.63) is 42.1 Å². The third-order valence-corrected chi connectivity index (χ3v) is 6.42. The number of amides is 3. The maximum atomic E-state index is 15.1. The lowest BCUT2D eigenvalue weighted by Gasteiger charge is -2.35. The average molecular weight is 503 g/mol. The maximum Gasteiger partial charge on any atom is 0.330 e. The first-order valence-electron chi connectivity index (χ1n) is 11.5. The zero-order valence-corrected chi connectivity index (χ0v) is 20.3. The summed E-state index contributed by atoms with van der Waals surface area (Å²) in [5.41, 5.74) is -0.0951. The normalized spacial score (nSPS) is 19.4. The number of aromatic nitrogens is 2. The van der Waals surface area contributed by atoms with E-state index in [1.807, 2.05) is 0 Å². The second-order valence-electron chi connectivity index (χ2n) is 8.58. The van der Waals surface area contributed by atoms with Crippen LogP contribution in [0.2, 0.25) is 0 Å². The Morgan fingerprint density at radius 1 is 1.17 bits per heavy atom. The van der Waals surface area contributed by atoms with Gasteiger partial charge in [-0.25, -0.2) is 18.6 Å². The molecule has 1 fully saturated rings. The van der Waals surface area contributed by atoms with Gasteiger partial charge in [0.05, 0.1) is 20.8 Å². The van der Waals surface area contributed by atoms with Gasteiger partial charge < -0.3 is 20.1 Å².